The summed E-state index contributed by atoms with van der Waals surface area (Å²) in [6, 6.07) is 1.83. The minimum atomic E-state index is 0.0359. The van der Waals surface area contributed by atoms with Gasteiger partial charge in [-0.1, -0.05) is 19.3 Å². The Kier molecular flexibility index (Phi) is 5.40. The number of carbonyl (C=O) groups excluding carboxylic acids is 1. The van der Waals surface area contributed by atoms with Crippen molar-refractivity contribution in [1.82, 2.24) is 9.88 Å². The molecule has 2 rings (SSSR count). The van der Waals surface area contributed by atoms with Crippen molar-refractivity contribution < 1.29 is 4.79 Å². The molecule has 1 aromatic heterocycles. The Labute approximate surface area is 129 Å². The predicted octanol–water partition coefficient (Wildman–Crippen LogP) is 3.54. The van der Waals surface area contributed by atoms with Gasteiger partial charge in [-0.3, -0.25) is 4.79 Å². The van der Waals surface area contributed by atoms with E-state index < -0.39 is 0 Å². The first-order chi connectivity index (χ1) is 9.61. The van der Waals surface area contributed by atoms with E-state index >= 15 is 0 Å². The average Bonchev–Trinajstić information content (AvgIpc) is 2.47. The van der Waals surface area contributed by atoms with Crippen molar-refractivity contribution in [2.75, 3.05) is 26.0 Å². The molecule has 1 aliphatic carbocycles. The Bertz CT molecular complexity index is 472. The van der Waals surface area contributed by atoms with E-state index in [1.165, 1.54) is 32.1 Å². The van der Waals surface area contributed by atoms with Crippen molar-refractivity contribution in [3.8, 4) is 0 Å². The van der Waals surface area contributed by atoms with Crippen molar-refractivity contribution in [3.05, 3.63) is 22.3 Å². The fourth-order valence-electron chi connectivity index (χ4n) is 2.85. The fraction of sp³-hybridized carbons (Fsp3) is 0.600. The van der Waals surface area contributed by atoms with Crippen LogP contribution < -0.4 is 5.32 Å². The van der Waals surface area contributed by atoms with Crippen LogP contribution in [0.2, 0.25) is 0 Å². The van der Waals surface area contributed by atoms with Crippen LogP contribution in [-0.4, -0.2) is 36.4 Å². The molecule has 0 atom stereocenters. The number of pyridine rings is 1. The van der Waals surface area contributed by atoms with Gasteiger partial charge in [0.1, 0.15) is 5.82 Å². The third kappa shape index (κ3) is 3.72. The van der Waals surface area contributed by atoms with Crippen molar-refractivity contribution in [1.29, 1.82) is 0 Å². The van der Waals surface area contributed by atoms with Gasteiger partial charge in [0.05, 0.1) is 5.56 Å². The molecule has 1 aliphatic rings. The number of hydrogen-bond acceptors (Lipinski definition) is 3. The van der Waals surface area contributed by atoms with E-state index in [1.54, 1.807) is 13.2 Å². The molecule has 1 aromatic rings. The third-order valence-corrected chi connectivity index (χ3v) is 4.36. The van der Waals surface area contributed by atoms with E-state index in [2.05, 4.69) is 26.2 Å². The normalized spacial score (nSPS) is 15.9. The molecule has 4 nitrogen and oxygen atoms in total. The zero-order valence-corrected chi connectivity index (χ0v) is 13.7. The van der Waals surface area contributed by atoms with Gasteiger partial charge in [0, 0.05) is 31.3 Å². The van der Waals surface area contributed by atoms with E-state index in [0.717, 1.165) is 11.0 Å². The van der Waals surface area contributed by atoms with Crippen LogP contribution in [-0.2, 0) is 0 Å². The van der Waals surface area contributed by atoms with Crippen LogP contribution in [0.5, 0.6) is 0 Å². The van der Waals surface area contributed by atoms with E-state index in [9.17, 15) is 4.79 Å². The van der Waals surface area contributed by atoms with E-state index in [4.69, 9.17) is 0 Å². The highest BCUT2D eigenvalue weighted by Crippen LogP contribution is 2.25. The molecule has 1 fully saturated rings. The highest BCUT2D eigenvalue weighted by atomic mass is 79.9. The number of amides is 1. The number of carbonyl (C=O) groups is 1. The van der Waals surface area contributed by atoms with Gasteiger partial charge in [0.2, 0.25) is 0 Å². The minimum Gasteiger partial charge on any atom is -0.372 e. The number of nitrogens with one attached hydrogen (secondary N) is 1. The summed E-state index contributed by atoms with van der Waals surface area (Å²) in [4.78, 5) is 18.7. The first-order valence-corrected chi connectivity index (χ1v) is 8.00. The molecular weight excluding hydrogens is 318 g/mol. The average molecular weight is 340 g/mol. The molecule has 0 bridgehead atoms. The second-order valence-electron chi connectivity index (χ2n) is 5.49. The van der Waals surface area contributed by atoms with Crippen molar-refractivity contribution >= 4 is 27.7 Å². The molecule has 1 amide bonds. The molecule has 0 spiro atoms. The number of hydrogen-bond donors (Lipinski definition) is 1. The smallest absolute Gasteiger partial charge is 0.257 e. The largest absolute Gasteiger partial charge is 0.372 e. The Balaban J connectivity index is 2.07. The summed E-state index contributed by atoms with van der Waals surface area (Å²) in [5, 5.41) is 2.98. The molecule has 5 heteroatoms. The summed E-state index contributed by atoms with van der Waals surface area (Å²) in [7, 11) is 3.67. The first-order valence-electron chi connectivity index (χ1n) is 7.20. The summed E-state index contributed by atoms with van der Waals surface area (Å²) in [6.45, 7) is 0.842. The van der Waals surface area contributed by atoms with Gasteiger partial charge < -0.3 is 10.2 Å². The van der Waals surface area contributed by atoms with Gasteiger partial charge in [0.25, 0.3) is 5.91 Å². The van der Waals surface area contributed by atoms with E-state index in [-0.39, 0.29) is 5.91 Å². The summed E-state index contributed by atoms with van der Waals surface area (Å²) in [5.74, 6) is 1.32. The van der Waals surface area contributed by atoms with Gasteiger partial charge in [-0.2, -0.15) is 0 Å². The van der Waals surface area contributed by atoms with Crippen LogP contribution in [0.25, 0.3) is 0 Å². The van der Waals surface area contributed by atoms with Gasteiger partial charge in [-0.25, -0.2) is 4.98 Å². The van der Waals surface area contributed by atoms with E-state index in [1.807, 2.05) is 18.0 Å². The number of anilines is 1. The van der Waals surface area contributed by atoms with Crippen LogP contribution in [0.1, 0.15) is 42.5 Å². The second kappa shape index (κ2) is 7.07. The topological polar surface area (TPSA) is 45.2 Å². The molecule has 1 saturated carbocycles. The predicted molar refractivity (Wildman–Crippen MR) is 85.0 cm³/mol. The lowest BCUT2D eigenvalue weighted by Crippen LogP contribution is -2.33. The van der Waals surface area contributed by atoms with Gasteiger partial charge in [-0.05, 0) is 40.8 Å². The van der Waals surface area contributed by atoms with Gasteiger partial charge >= 0.3 is 0 Å². The Hall–Kier alpha value is -1.10. The van der Waals surface area contributed by atoms with Crippen molar-refractivity contribution in [2.24, 2.45) is 5.92 Å². The van der Waals surface area contributed by atoms with Crippen LogP contribution in [0.4, 0.5) is 5.82 Å². The summed E-state index contributed by atoms with van der Waals surface area (Å²) < 4.78 is 0.825. The van der Waals surface area contributed by atoms with Crippen LogP contribution >= 0.6 is 15.9 Å². The van der Waals surface area contributed by atoms with Crippen molar-refractivity contribution in [3.63, 3.8) is 0 Å². The number of nitrogens with zero attached hydrogens (tertiary/aromatic N) is 2. The highest BCUT2D eigenvalue weighted by Gasteiger charge is 2.21. The van der Waals surface area contributed by atoms with Crippen LogP contribution in [0.15, 0.2) is 16.7 Å². The molecule has 0 radical (unpaired) electrons. The zero-order valence-electron chi connectivity index (χ0n) is 12.2. The van der Waals surface area contributed by atoms with Gasteiger partial charge in [-0.15, -0.1) is 0 Å². The molecule has 20 heavy (non-hydrogen) atoms. The fourth-order valence-corrected chi connectivity index (χ4v) is 3.18. The molecule has 0 aromatic carbocycles. The third-order valence-electron chi connectivity index (χ3n) is 3.93. The molecule has 110 valence electrons. The Morgan fingerprint density at radius 1 is 1.45 bits per heavy atom. The Morgan fingerprint density at radius 2 is 2.15 bits per heavy atom. The van der Waals surface area contributed by atoms with Crippen LogP contribution in [0.3, 0.4) is 0 Å². The van der Waals surface area contributed by atoms with Crippen molar-refractivity contribution in [2.45, 2.75) is 32.1 Å². The maximum Gasteiger partial charge on any atom is 0.257 e. The molecule has 1 N–H and O–H groups in total. The second-order valence-corrected chi connectivity index (χ2v) is 6.41. The van der Waals surface area contributed by atoms with Crippen LogP contribution in [0, 0.1) is 5.92 Å². The quantitative estimate of drug-likeness (QED) is 0.912. The number of aromatic nitrogens is 1. The lowest BCUT2D eigenvalue weighted by Gasteiger charge is -2.27. The summed E-state index contributed by atoms with van der Waals surface area (Å²) in [6.07, 6.45) is 8.12. The first kappa shape index (κ1) is 15.3. The molecule has 1 heterocycles. The maximum atomic E-state index is 12.6. The highest BCUT2D eigenvalue weighted by molar-refractivity contribution is 9.10. The Morgan fingerprint density at radius 3 is 2.80 bits per heavy atom. The molecule has 0 saturated heterocycles. The van der Waals surface area contributed by atoms with Gasteiger partial charge in [0.15, 0.2) is 0 Å². The zero-order chi connectivity index (χ0) is 14.5. The minimum absolute atomic E-state index is 0.0359. The molecule has 0 unspecified atom stereocenters. The molecular formula is C15H22BrN3O. The SMILES string of the molecule is CNc1ncc(Br)cc1C(=O)N(C)CC1CCCCC1. The number of rotatable bonds is 4. The lowest BCUT2D eigenvalue weighted by molar-refractivity contribution is 0.0761. The molecule has 0 aliphatic heterocycles. The summed E-state index contributed by atoms with van der Waals surface area (Å²) in [5.41, 5.74) is 0.625. The standard InChI is InChI=1S/C15H22BrN3O/c1-17-14-13(8-12(16)9-18-14)15(20)19(2)10-11-6-4-3-5-7-11/h8-9,11H,3-7,10H2,1-2H3,(H,17,18). The maximum absolute atomic E-state index is 12.6. The number of halogens is 1. The monoisotopic (exact) mass is 339 g/mol. The summed E-state index contributed by atoms with van der Waals surface area (Å²) >= 11 is 3.38. The van der Waals surface area contributed by atoms with E-state index in [0.29, 0.717) is 17.3 Å². The lowest BCUT2D eigenvalue weighted by atomic mass is 9.89.